The van der Waals surface area contributed by atoms with E-state index in [1.54, 1.807) is 51.1 Å². The molecule has 2 aliphatic carbocycles. The van der Waals surface area contributed by atoms with Crippen LogP contribution in [0.1, 0.15) is 106 Å². The predicted octanol–water partition coefficient (Wildman–Crippen LogP) is 2.08. The first kappa shape index (κ1) is 41.0. The molecule has 2 heterocycles. The van der Waals surface area contributed by atoms with E-state index in [0.717, 1.165) is 44.9 Å². The number of benzene rings is 1. The van der Waals surface area contributed by atoms with Crippen LogP contribution >= 0.6 is 0 Å². The molecule has 55 heavy (non-hydrogen) atoms. The maximum Gasteiger partial charge on any atom is 0.289 e. The van der Waals surface area contributed by atoms with Gasteiger partial charge in [-0.05, 0) is 55.6 Å². The summed E-state index contributed by atoms with van der Waals surface area (Å²) in [5.41, 5.74) is -0.357. The summed E-state index contributed by atoms with van der Waals surface area (Å²) in [4.78, 5) is 105. The number of hydrogen-bond acceptors (Lipinski definition) is 9. The number of likely N-dealkylation sites (tertiary alicyclic amines) is 1. The molecule has 0 bridgehead atoms. The summed E-state index contributed by atoms with van der Waals surface area (Å²) < 4.78 is 0. The van der Waals surface area contributed by atoms with Gasteiger partial charge in [-0.1, -0.05) is 71.6 Å². The van der Waals surface area contributed by atoms with Crippen LogP contribution in [0.5, 0.6) is 0 Å². The summed E-state index contributed by atoms with van der Waals surface area (Å²) in [6.45, 7) is 7.15. The number of carbonyl (C=O) groups excluding carboxylic acids is 7. The standard InChI is InChI=1S/C40H54N8O7/c1-5-12-28(32(49)37(53)43-26-17-18-26)44-34(50)27-22-48(39(55)25-15-10-7-11-16-25)23-30(27)45-38(54)33(40(2,3)4)47-36(52)31(24-13-8-6-9-14-24)46-35(51)29-21-41-19-20-42-29/h7,10-11,15-16,19-21,24,26-28,30-31,33H,5-6,8-9,12-14,17-18,22-23H2,1-4H3,(H,43,53)(H,44,50)(H,45,54)(H,46,51)(H,47,52)/t27?,28-,30?,31-,33?/m0/s1. The zero-order chi connectivity index (χ0) is 39.7. The summed E-state index contributed by atoms with van der Waals surface area (Å²) in [7, 11) is 0. The van der Waals surface area contributed by atoms with E-state index in [-0.39, 0.29) is 43.1 Å². The molecule has 3 aliphatic rings. The van der Waals surface area contributed by atoms with Crippen molar-refractivity contribution in [1.29, 1.82) is 0 Å². The third-order valence-corrected chi connectivity index (χ3v) is 10.5. The molecule has 5 rings (SSSR count). The largest absolute Gasteiger partial charge is 0.349 e. The monoisotopic (exact) mass is 758 g/mol. The second-order valence-electron chi connectivity index (χ2n) is 16.0. The number of nitrogens with one attached hydrogen (secondary N) is 5. The van der Waals surface area contributed by atoms with Crippen molar-refractivity contribution >= 4 is 41.2 Å². The van der Waals surface area contributed by atoms with Gasteiger partial charge in [0.05, 0.1) is 24.2 Å². The quantitative estimate of drug-likeness (QED) is 0.168. The molecule has 1 aromatic heterocycles. The predicted molar refractivity (Wildman–Crippen MR) is 202 cm³/mol. The molecule has 0 radical (unpaired) electrons. The molecule has 296 valence electrons. The molecule has 1 saturated heterocycles. The molecule has 3 unspecified atom stereocenters. The fraction of sp³-hybridized carbons (Fsp3) is 0.575. The normalized spacial score (nSPS) is 20.3. The Bertz CT molecular complexity index is 1710. The van der Waals surface area contributed by atoms with Crippen LogP contribution in [-0.4, -0.2) is 99.4 Å². The molecule has 2 aromatic rings. The third-order valence-electron chi connectivity index (χ3n) is 10.5. The minimum atomic E-state index is -1.11. The minimum Gasteiger partial charge on any atom is -0.349 e. The van der Waals surface area contributed by atoms with Crippen molar-refractivity contribution in [3.63, 3.8) is 0 Å². The fourth-order valence-electron chi connectivity index (χ4n) is 7.29. The molecule has 6 amide bonds. The number of aromatic nitrogens is 2. The summed E-state index contributed by atoms with van der Waals surface area (Å²) in [6, 6.07) is 4.50. The second-order valence-corrected chi connectivity index (χ2v) is 16.0. The Hall–Kier alpha value is -5.21. The van der Waals surface area contributed by atoms with Gasteiger partial charge in [0.25, 0.3) is 17.7 Å². The lowest BCUT2D eigenvalue weighted by atomic mass is 9.82. The highest BCUT2D eigenvalue weighted by Crippen LogP contribution is 2.29. The van der Waals surface area contributed by atoms with Crippen LogP contribution in [0.15, 0.2) is 48.9 Å². The van der Waals surface area contributed by atoms with Gasteiger partial charge in [0.15, 0.2) is 0 Å². The van der Waals surface area contributed by atoms with Crippen LogP contribution in [0.4, 0.5) is 0 Å². The molecule has 1 aliphatic heterocycles. The average Bonchev–Trinajstić information content (AvgIpc) is 3.90. The third kappa shape index (κ3) is 10.9. The molecule has 15 nitrogen and oxygen atoms in total. The Kier molecular flexibility index (Phi) is 13.7. The van der Waals surface area contributed by atoms with Gasteiger partial charge in [0.2, 0.25) is 23.5 Å². The summed E-state index contributed by atoms with van der Waals surface area (Å²) >= 11 is 0. The Morgan fingerprint density at radius 2 is 1.55 bits per heavy atom. The summed E-state index contributed by atoms with van der Waals surface area (Å²) in [5.74, 6) is -5.21. The maximum absolute atomic E-state index is 14.3. The first-order chi connectivity index (χ1) is 26.3. The first-order valence-corrected chi connectivity index (χ1v) is 19.4. The maximum atomic E-state index is 14.3. The molecule has 0 spiro atoms. The fourth-order valence-corrected chi connectivity index (χ4v) is 7.29. The average molecular weight is 759 g/mol. The second kappa shape index (κ2) is 18.4. The lowest BCUT2D eigenvalue weighted by molar-refractivity contribution is -0.140. The van der Waals surface area contributed by atoms with E-state index in [1.165, 1.54) is 23.5 Å². The molecule has 3 fully saturated rings. The van der Waals surface area contributed by atoms with Crippen molar-refractivity contribution in [2.45, 2.75) is 116 Å². The van der Waals surface area contributed by atoms with Crippen LogP contribution in [-0.2, 0) is 24.0 Å². The molecule has 5 N–H and O–H groups in total. The van der Waals surface area contributed by atoms with Crippen LogP contribution in [0.3, 0.4) is 0 Å². The van der Waals surface area contributed by atoms with E-state index in [1.807, 2.05) is 6.92 Å². The molecular weight excluding hydrogens is 704 g/mol. The molecule has 1 aromatic carbocycles. The molecular formula is C40H54N8O7. The zero-order valence-electron chi connectivity index (χ0n) is 32.1. The van der Waals surface area contributed by atoms with E-state index < -0.39 is 70.8 Å². The van der Waals surface area contributed by atoms with Crippen LogP contribution < -0.4 is 26.6 Å². The van der Waals surface area contributed by atoms with Crippen LogP contribution in [0.2, 0.25) is 0 Å². The van der Waals surface area contributed by atoms with Gasteiger partial charge < -0.3 is 31.5 Å². The van der Waals surface area contributed by atoms with Crippen molar-refractivity contribution < 1.29 is 33.6 Å². The number of hydrogen-bond donors (Lipinski definition) is 5. The van der Waals surface area contributed by atoms with Gasteiger partial charge in [-0.2, -0.15) is 0 Å². The highest BCUT2D eigenvalue weighted by atomic mass is 16.2. The van der Waals surface area contributed by atoms with E-state index in [9.17, 15) is 33.6 Å². The van der Waals surface area contributed by atoms with Crippen molar-refractivity contribution in [2.75, 3.05) is 13.1 Å². The summed E-state index contributed by atoms with van der Waals surface area (Å²) in [6.07, 6.45) is 10.8. The number of ketones is 1. The van der Waals surface area contributed by atoms with E-state index in [0.29, 0.717) is 12.0 Å². The lowest BCUT2D eigenvalue weighted by Gasteiger charge is -2.35. The Labute approximate surface area is 321 Å². The topological polar surface area (TPSA) is 209 Å². The smallest absolute Gasteiger partial charge is 0.289 e. The Balaban J connectivity index is 1.36. The van der Waals surface area contributed by atoms with Gasteiger partial charge >= 0.3 is 0 Å². The van der Waals surface area contributed by atoms with Crippen molar-refractivity contribution in [3.8, 4) is 0 Å². The van der Waals surface area contributed by atoms with Crippen LogP contribution in [0.25, 0.3) is 0 Å². The first-order valence-electron chi connectivity index (χ1n) is 19.4. The molecule has 5 atom stereocenters. The Morgan fingerprint density at radius 3 is 2.16 bits per heavy atom. The van der Waals surface area contributed by atoms with E-state index >= 15 is 0 Å². The Morgan fingerprint density at radius 1 is 0.836 bits per heavy atom. The van der Waals surface area contributed by atoms with Crippen LogP contribution in [0, 0.1) is 17.3 Å². The van der Waals surface area contributed by atoms with Gasteiger partial charge in [-0.15, -0.1) is 0 Å². The molecule has 15 heteroatoms. The van der Waals surface area contributed by atoms with Gasteiger partial charge in [-0.3, -0.25) is 38.5 Å². The van der Waals surface area contributed by atoms with Gasteiger partial charge in [-0.25, -0.2) is 4.98 Å². The highest BCUT2D eigenvalue weighted by molar-refractivity contribution is 6.38. The number of nitrogens with zero attached hydrogens (tertiary/aromatic N) is 3. The summed E-state index contributed by atoms with van der Waals surface area (Å²) in [5, 5.41) is 14.2. The van der Waals surface area contributed by atoms with E-state index in [4.69, 9.17) is 0 Å². The number of rotatable bonds is 15. The van der Waals surface area contributed by atoms with Gasteiger partial charge in [0, 0.05) is 37.1 Å². The van der Waals surface area contributed by atoms with Gasteiger partial charge in [0.1, 0.15) is 17.8 Å². The lowest BCUT2D eigenvalue weighted by Crippen LogP contribution is -2.61. The number of carbonyl (C=O) groups is 7. The zero-order valence-corrected chi connectivity index (χ0v) is 32.1. The number of Topliss-reactive ketones (excluding diaryl/α,β-unsaturated/α-hetero) is 1. The van der Waals surface area contributed by atoms with Crippen molar-refractivity contribution in [1.82, 2.24) is 41.5 Å². The van der Waals surface area contributed by atoms with Crippen molar-refractivity contribution in [2.24, 2.45) is 17.3 Å². The number of amides is 6. The SMILES string of the molecule is CCC[C@H](NC(=O)C1CN(C(=O)c2ccccc2)CC1NC(=O)C(NC(=O)[C@@H](NC(=O)c1cnccn1)C1CCCCC1)C(C)(C)C)C(=O)C(=O)NC1CC1. The molecule has 2 saturated carbocycles. The van der Waals surface area contributed by atoms with E-state index in [2.05, 4.69) is 36.6 Å². The highest BCUT2D eigenvalue weighted by Gasteiger charge is 2.45. The van der Waals surface area contributed by atoms with Crippen molar-refractivity contribution in [3.05, 3.63) is 60.2 Å². The minimum absolute atomic E-state index is 0.0181.